The highest BCUT2D eigenvalue weighted by Crippen LogP contribution is 2.38. The van der Waals surface area contributed by atoms with Gasteiger partial charge in [-0.05, 0) is 82.7 Å². The lowest BCUT2D eigenvalue weighted by Gasteiger charge is -2.31. The molecule has 0 atom stereocenters. The third-order valence-corrected chi connectivity index (χ3v) is 10.8. The molecule has 33 heavy (non-hydrogen) atoms. The first-order valence-corrected chi connectivity index (χ1v) is 14.4. The fourth-order valence-corrected chi connectivity index (χ4v) is 8.67. The number of thiazole rings is 1. The van der Waals surface area contributed by atoms with Gasteiger partial charge in [-0.2, -0.15) is 0 Å². The van der Waals surface area contributed by atoms with Crippen LogP contribution in [0.5, 0.6) is 0 Å². The minimum absolute atomic E-state index is 0.212. The van der Waals surface area contributed by atoms with Crippen molar-refractivity contribution < 1.29 is 17.2 Å². The number of nitrogens with zero attached hydrogens (tertiary/aromatic N) is 2. The summed E-state index contributed by atoms with van der Waals surface area (Å²) in [4.78, 5) is 6.27. The van der Waals surface area contributed by atoms with Crippen LogP contribution in [-0.4, -0.2) is 31.7 Å². The Morgan fingerprint density at radius 1 is 1.06 bits per heavy atom. The Morgan fingerprint density at radius 3 is 2.27 bits per heavy atom. The van der Waals surface area contributed by atoms with E-state index in [0.717, 1.165) is 22.5 Å². The van der Waals surface area contributed by atoms with E-state index in [9.17, 15) is 17.2 Å². The Kier molecular flexibility index (Phi) is 7.02. The summed E-state index contributed by atoms with van der Waals surface area (Å²) in [5.41, 5.74) is 5.58. The standard InChI is InChI=1S/C23H22Br2F2N2O2S2/c1-12-8-13(2)19(14(3)9-12)18-11-32-23(28-18)29-6-4-15(5-7-29)33(30,31)22-20(25)17(26)10-16(24)21(22)27/h8-11,15H,4-7H2,1-3H3. The van der Waals surface area contributed by atoms with Crippen LogP contribution in [0.3, 0.4) is 0 Å². The average molecular weight is 620 g/mol. The molecule has 0 unspecified atom stereocenters. The number of aryl methyl sites for hydroxylation is 3. The van der Waals surface area contributed by atoms with Crippen molar-refractivity contribution in [2.45, 2.75) is 43.8 Å². The number of sulfone groups is 1. The quantitative estimate of drug-likeness (QED) is 0.296. The SMILES string of the molecule is Cc1cc(C)c(-c2csc(N3CCC(S(=O)(=O)c4c(F)c(Br)cc(F)c4Br)CC3)n2)c(C)c1. The van der Waals surface area contributed by atoms with Gasteiger partial charge in [0.15, 0.2) is 20.8 Å². The van der Waals surface area contributed by atoms with E-state index in [-0.39, 0.29) is 8.95 Å². The Balaban J connectivity index is 1.54. The van der Waals surface area contributed by atoms with Gasteiger partial charge in [0, 0.05) is 24.0 Å². The highest BCUT2D eigenvalue weighted by atomic mass is 79.9. The molecular formula is C23H22Br2F2N2O2S2. The van der Waals surface area contributed by atoms with Crippen LogP contribution >= 0.6 is 43.2 Å². The Labute approximate surface area is 213 Å². The van der Waals surface area contributed by atoms with Gasteiger partial charge in [-0.1, -0.05) is 17.7 Å². The van der Waals surface area contributed by atoms with E-state index in [0.29, 0.717) is 25.9 Å². The van der Waals surface area contributed by atoms with E-state index >= 15 is 0 Å². The summed E-state index contributed by atoms with van der Waals surface area (Å²) in [7, 11) is -4.06. The predicted molar refractivity (Wildman–Crippen MR) is 136 cm³/mol. The molecule has 0 bridgehead atoms. The van der Waals surface area contributed by atoms with Gasteiger partial charge in [0.1, 0.15) is 10.7 Å². The summed E-state index contributed by atoms with van der Waals surface area (Å²) in [6.45, 7) is 7.16. The molecular weight excluding hydrogens is 598 g/mol. The number of benzene rings is 2. The van der Waals surface area contributed by atoms with Crippen LogP contribution < -0.4 is 4.90 Å². The zero-order valence-corrected chi connectivity index (χ0v) is 23.1. The molecule has 0 amide bonds. The number of aromatic nitrogens is 1. The second-order valence-electron chi connectivity index (χ2n) is 8.32. The average Bonchev–Trinajstić information content (AvgIpc) is 3.21. The molecule has 1 saturated heterocycles. The molecule has 2 aromatic carbocycles. The van der Waals surface area contributed by atoms with Crippen molar-refractivity contribution in [3.8, 4) is 11.3 Å². The number of hydrogen-bond acceptors (Lipinski definition) is 5. The van der Waals surface area contributed by atoms with E-state index < -0.39 is 31.6 Å². The molecule has 176 valence electrons. The molecule has 1 fully saturated rings. The van der Waals surface area contributed by atoms with Gasteiger partial charge in [-0.25, -0.2) is 22.2 Å². The van der Waals surface area contributed by atoms with Crippen molar-refractivity contribution in [3.63, 3.8) is 0 Å². The molecule has 0 aliphatic carbocycles. The molecule has 4 rings (SSSR count). The predicted octanol–water partition coefficient (Wildman–Crippen LogP) is 6.98. The van der Waals surface area contributed by atoms with E-state index in [4.69, 9.17) is 4.98 Å². The van der Waals surface area contributed by atoms with Crippen LogP contribution in [0.4, 0.5) is 13.9 Å². The summed E-state index contributed by atoms with van der Waals surface area (Å²) in [5.74, 6) is -1.80. The van der Waals surface area contributed by atoms with E-state index in [1.54, 1.807) is 0 Å². The molecule has 1 aliphatic rings. The van der Waals surface area contributed by atoms with Gasteiger partial charge in [-0.15, -0.1) is 11.3 Å². The second-order valence-corrected chi connectivity index (χ2v) is 13.0. The largest absolute Gasteiger partial charge is 0.348 e. The molecule has 1 aromatic heterocycles. The highest BCUT2D eigenvalue weighted by molar-refractivity contribution is 9.11. The Bertz CT molecular complexity index is 1290. The van der Waals surface area contributed by atoms with Crippen molar-refractivity contribution in [1.82, 2.24) is 4.98 Å². The lowest BCUT2D eigenvalue weighted by Crippen LogP contribution is -2.39. The monoisotopic (exact) mass is 618 g/mol. The van der Waals surface area contributed by atoms with Crippen LogP contribution in [0.15, 0.2) is 37.4 Å². The number of halogens is 4. The number of piperidine rings is 1. The van der Waals surface area contributed by atoms with E-state index in [2.05, 4.69) is 69.7 Å². The smallest absolute Gasteiger partial charge is 0.185 e. The van der Waals surface area contributed by atoms with Gasteiger partial charge in [0.05, 0.1) is 19.9 Å². The summed E-state index contributed by atoms with van der Waals surface area (Å²) in [5, 5.41) is 2.06. The van der Waals surface area contributed by atoms with E-state index in [1.165, 1.54) is 28.0 Å². The van der Waals surface area contributed by atoms with Crippen LogP contribution in [-0.2, 0) is 9.84 Å². The number of rotatable bonds is 4. The van der Waals surface area contributed by atoms with Crippen LogP contribution in [0, 0.1) is 32.4 Å². The molecule has 10 heteroatoms. The van der Waals surface area contributed by atoms with Crippen molar-refractivity contribution in [3.05, 3.63) is 60.8 Å². The Morgan fingerprint density at radius 2 is 1.67 bits per heavy atom. The summed E-state index contributed by atoms with van der Waals surface area (Å²) < 4.78 is 54.5. The fraction of sp³-hybridized carbons (Fsp3) is 0.348. The maximum atomic E-state index is 14.6. The van der Waals surface area contributed by atoms with Crippen molar-refractivity contribution in [1.29, 1.82) is 0 Å². The number of anilines is 1. The van der Waals surface area contributed by atoms with Crippen molar-refractivity contribution >= 4 is 58.2 Å². The topological polar surface area (TPSA) is 50.3 Å². The van der Waals surface area contributed by atoms with Crippen molar-refractivity contribution in [2.75, 3.05) is 18.0 Å². The minimum Gasteiger partial charge on any atom is -0.348 e. The molecule has 0 saturated carbocycles. The first kappa shape index (κ1) is 24.8. The molecule has 1 aliphatic heterocycles. The minimum atomic E-state index is -4.06. The van der Waals surface area contributed by atoms with Crippen LogP contribution in [0.2, 0.25) is 0 Å². The molecule has 0 N–H and O–H groups in total. The summed E-state index contributed by atoms with van der Waals surface area (Å²) >= 11 is 7.36. The number of hydrogen-bond donors (Lipinski definition) is 0. The second kappa shape index (κ2) is 9.36. The van der Waals surface area contributed by atoms with Crippen LogP contribution in [0.1, 0.15) is 29.5 Å². The lowest BCUT2D eigenvalue weighted by atomic mass is 9.98. The van der Waals surface area contributed by atoms with E-state index in [1.807, 2.05) is 5.38 Å². The maximum absolute atomic E-state index is 14.6. The highest BCUT2D eigenvalue weighted by Gasteiger charge is 2.37. The molecule has 3 aromatic rings. The molecule has 2 heterocycles. The zero-order valence-electron chi connectivity index (χ0n) is 18.3. The normalized spacial score (nSPS) is 15.3. The molecule has 0 radical (unpaired) electrons. The lowest BCUT2D eigenvalue weighted by molar-refractivity contribution is 0.512. The van der Waals surface area contributed by atoms with Gasteiger partial charge < -0.3 is 4.90 Å². The van der Waals surface area contributed by atoms with Gasteiger partial charge in [-0.3, -0.25) is 0 Å². The fourth-order valence-electron chi connectivity index (χ4n) is 4.43. The first-order chi connectivity index (χ1) is 15.5. The van der Waals surface area contributed by atoms with Crippen LogP contribution in [0.25, 0.3) is 11.3 Å². The maximum Gasteiger partial charge on any atom is 0.185 e. The van der Waals surface area contributed by atoms with Gasteiger partial charge in [0.25, 0.3) is 0 Å². The van der Waals surface area contributed by atoms with Gasteiger partial charge in [0.2, 0.25) is 0 Å². The summed E-state index contributed by atoms with van der Waals surface area (Å²) in [6.07, 6.45) is 0.611. The zero-order chi connectivity index (χ0) is 24.1. The molecule has 4 nitrogen and oxygen atoms in total. The van der Waals surface area contributed by atoms with Gasteiger partial charge >= 0.3 is 0 Å². The third kappa shape index (κ3) is 4.63. The summed E-state index contributed by atoms with van der Waals surface area (Å²) in [6, 6.07) is 5.19. The molecule has 0 spiro atoms. The Hall–Kier alpha value is -1.36. The van der Waals surface area contributed by atoms with Crippen molar-refractivity contribution in [2.24, 2.45) is 0 Å². The third-order valence-electron chi connectivity index (χ3n) is 5.93. The first-order valence-electron chi connectivity index (χ1n) is 10.4.